The highest BCUT2D eigenvalue weighted by Crippen LogP contribution is 2.22. The quantitative estimate of drug-likeness (QED) is 0.306. The molecule has 2 N–H and O–H groups in total. The molecule has 2 amide bonds. The van der Waals surface area contributed by atoms with Gasteiger partial charge in [0.05, 0.1) is 18.2 Å². The lowest BCUT2D eigenvalue weighted by atomic mass is 10.1. The fraction of sp³-hybridized carbons (Fsp3) is 0.429. The molecule has 0 spiro atoms. The van der Waals surface area contributed by atoms with Gasteiger partial charge in [0, 0.05) is 9.13 Å². The smallest absolute Gasteiger partial charge is 0.338 e. The highest BCUT2D eigenvalue weighted by atomic mass is 127. The summed E-state index contributed by atoms with van der Waals surface area (Å²) in [6.45, 7) is 5.37. The third kappa shape index (κ3) is 8.15. The van der Waals surface area contributed by atoms with Crippen LogP contribution in [0.5, 0.6) is 5.75 Å². The van der Waals surface area contributed by atoms with Crippen molar-refractivity contribution in [2.24, 2.45) is 0 Å². The van der Waals surface area contributed by atoms with Gasteiger partial charge in [0.1, 0.15) is 24.1 Å². The fourth-order valence-electron chi connectivity index (χ4n) is 4.03. The molecule has 2 aliphatic rings. The molecule has 0 aromatic heterocycles. The van der Waals surface area contributed by atoms with E-state index in [2.05, 4.69) is 33.2 Å². The number of hydrogen-bond donors (Lipinski definition) is 2. The van der Waals surface area contributed by atoms with Crippen LogP contribution in [-0.2, 0) is 28.5 Å². The molecular formula is C28H31IN2O9. The molecule has 2 aromatic carbocycles. The van der Waals surface area contributed by atoms with Crippen molar-refractivity contribution in [1.29, 1.82) is 0 Å². The Morgan fingerprint density at radius 3 is 2.35 bits per heavy atom. The lowest BCUT2D eigenvalue weighted by Gasteiger charge is -2.25. The lowest BCUT2D eigenvalue weighted by molar-refractivity contribution is -0.159. The Kier molecular flexibility index (Phi) is 9.64. The predicted octanol–water partition coefficient (Wildman–Crippen LogP) is 2.60. The Morgan fingerprint density at radius 1 is 1.00 bits per heavy atom. The van der Waals surface area contributed by atoms with E-state index in [-0.39, 0.29) is 24.7 Å². The molecule has 2 saturated heterocycles. The number of halogens is 1. The number of rotatable bonds is 9. The zero-order chi connectivity index (χ0) is 28.9. The molecule has 0 radical (unpaired) electrons. The molecular weight excluding hydrogens is 635 g/mol. The van der Waals surface area contributed by atoms with Crippen LogP contribution in [0, 0.1) is 3.57 Å². The summed E-state index contributed by atoms with van der Waals surface area (Å²) in [5, 5.41) is 5.48. The van der Waals surface area contributed by atoms with Gasteiger partial charge in [-0.2, -0.15) is 0 Å². The normalized spacial score (nSPS) is 22.4. The summed E-state index contributed by atoms with van der Waals surface area (Å²) in [5.74, 6) is -1.47. The Hall–Kier alpha value is -3.23. The second-order valence-corrected chi connectivity index (χ2v) is 11.5. The van der Waals surface area contributed by atoms with Gasteiger partial charge in [0.25, 0.3) is 11.8 Å². The van der Waals surface area contributed by atoms with Gasteiger partial charge in [-0.05, 0) is 98.3 Å². The minimum Gasteiger partial charge on any atom is -0.484 e. The van der Waals surface area contributed by atoms with Crippen LogP contribution in [-0.4, -0.2) is 73.7 Å². The summed E-state index contributed by atoms with van der Waals surface area (Å²) < 4.78 is 28.7. The highest BCUT2D eigenvalue weighted by Gasteiger charge is 2.43. The molecule has 4 rings (SSSR count). The first-order valence-electron chi connectivity index (χ1n) is 12.7. The van der Waals surface area contributed by atoms with E-state index in [1.165, 1.54) is 24.3 Å². The number of carbonyl (C=O) groups excluding carboxylic acids is 4. The van der Waals surface area contributed by atoms with Crippen LogP contribution in [0.4, 0.5) is 0 Å². The van der Waals surface area contributed by atoms with Crippen LogP contribution in [0.1, 0.15) is 47.9 Å². The molecule has 214 valence electrons. The number of hydrogen-bond acceptors (Lipinski definition) is 9. The number of carbonyl (C=O) groups is 4. The predicted molar refractivity (Wildman–Crippen MR) is 150 cm³/mol. The minimum absolute atomic E-state index is 0.0855. The molecule has 2 aromatic rings. The van der Waals surface area contributed by atoms with Crippen molar-refractivity contribution in [1.82, 2.24) is 10.6 Å². The second kappa shape index (κ2) is 13.0. The van der Waals surface area contributed by atoms with E-state index in [0.717, 1.165) is 3.57 Å². The molecule has 12 heteroatoms. The summed E-state index contributed by atoms with van der Waals surface area (Å²) in [6.07, 6.45) is -1.17. The summed E-state index contributed by atoms with van der Waals surface area (Å²) in [6, 6.07) is 11.6. The maximum atomic E-state index is 12.9. The average Bonchev–Trinajstić information content (AvgIpc) is 3.48. The first kappa shape index (κ1) is 29.7. The lowest BCUT2D eigenvalue weighted by Crippen LogP contribution is -2.50. The molecule has 2 heterocycles. The van der Waals surface area contributed by atoms with E-state index < -0.39 is 47.9 Å². The SMILES string of the molecule is CC(C)(C)OC(=O)c1ccc(C(=O)N[C@@H]2C(=O)OCC2OC2OCC[C@@H]2NC(=O)COc2ccc(I)cc2)cc1. The van der Waals surface area contributed by atoms with E-state index in [0.29, 0.717) is 24.3 Å². The van der Waals surface area contributed by atoms with E-state index in [1.54, 1.807) is 32.9 Å². The molecule has 0 aliphatic carbocycles. The maximum absolute atomic E-state index is 12.9. The summed E-state index contributed by atoms with van der Waals surface area (Å²) >= 11 is 2.18. The van der Waals surface area contributed by atoms with E-state index in [1.807, 2.05) is 12.1 Å². The van der Waals surface area contributed by atoms with E-state index in [4.69, 9.17) is 23.7 Å². The van der Waals surface area contributed by atoms with Crippen molar-refractivity contribution in [3.8, 4) is 5.75 Å². The highest BCUT2D eigenvalue weighted by molar-refractivity contribution is 14.1. The molecule has 0 bridgehead atoms. The van der Waals surface area contributed by atoms with Crippen LogP contribution in [0.25, 0.3) is 0 Å². The second-order valence-electron chi connectivity index (χ2n) is 10.3. The van der Waals surface area contributed by atoms with Crippen molar-refractivity contribution in [2.45, 2.75) is 57.3 Å². The van der Waals surface area contributed by atoms with E-state index in [9.17, 15) is 19.2 Å². The molecule has 11 nitrogen and oxygen atoms in total. The van der Waals surface area contributed by atoms with Crippen molar-refractivity contribution < 1.29 is 42.9 Å². The molecule has 2 aliphatic heterocycles. The third-order valence-corrected chi connectivity index (χ3v) is 6.68. The monoisotopic (exact) mass is 666 g/mol. The number of amides is 2. The Labute approximate surface area is 245 Å². The topological polar surface area (TPSA) is 138 Å². The standard InChI is InChI=1S/C28H31IN2O9/c1-28(2,3)40-25(34)17-6-4-16(5-7-17)24(33)31-23-21(14-38-26(23)35)39-27-20(12-13-36-27)30-22(32)15-37-19-10-8-18(29)9-11-19/h4-11,20-21,23,27H,12-15H2,1-3H3,(H,30,32)(H,31,33)/t20-,21?,23-,27?/m0/s1. The van der Waals surface area contributed by atoms with Crippen molar-refractivity contribution >= 4 is 46.3 Å². The third-order valence-electron chi connectivity index (χ3n) is 5.96. The number of benzene rings is 2. The molecule has 4 atom stereocenters. The van der Waals surface area contributed by atoms with Crippen LogP contribution < -0.4 is 15.4 Å². The molecule has 40 heavy (non-hydrogen) atoms. The van der Waals surface area contributed by atoms with Crippen molar-refractivity contribution in [3.63, 3.8) is 0 Å². The van der Waals surface area contributed by atoms with Crippen molar-refractivity contribution in [3.05, 3.63) is 63.2 Å². The number of cyclic esters (lactones) is 1. The van der Waals surface area contributed by atoms with Gasteiger partial charge in [-0.25, -0.2) is 9.59 Å². The summed E-state index contributed by atoms with van der Waals surface area (Å²) in [7, 11) is 0. The van der Waals surface area contributed by atoms with Gasteiger partial charge in [0.2, 0.25) is 0 Å². The van der Waals surface area contributed by atoms with Crippen LogP contribution in [0.2, 0.25) is 0 Å². The number of ether oxygens (including phenoxy) is 5. The Bertz CT molecular complexity index is 1230. The zero-order valence-corrected chi connectivity index (χ0v) is 24.5. The van der Waals surface area contributed by atoms with Crippen molar-refractivity contribution in [2.75, 3.05) is 19.8 Å². The average molecular weight is 666 g/mol. The molecule has 2 fully saturated rings. The molecule has 0 saturated carbocycles. The van der Waals surface area contributed by atoms with Gasteiger partial charge >= 0.3 is 11.9 Å². The zero-order valence-electron chi connectivity index (χ0n) is 22.3. The van der Waals surface area contributed by atoms with Gasteiger partial charge in [0.15, 0.2) is 18.9 Å². The van der Waals surface area contributed by atoms with Crippen LogP contribution in [0.3, 0.4) is 0 Å². The summed E-state index contributed by atoms with van der Waals surface area (Å²) in [5.41, 5.74) is -0.116. The van der Waals surface area contributed by atoms with Gasteiger partial charge < -0.3 is 34.3 Å². The first-order valence-corrected chi connectivity index (χ1v) is 13.8. The Morgan fingerprint density at radius 2 is 1.68 bits per heavy atom. The maximum Gasteiger partial charge on any atom is 0.338 e. The minimum atomic E-state index is -1.08. The van der Waals surface area contributed by atoms with Gasteiger partial charge in [-0.1, -0.05) is 0 Å². The number of nitrogens with one attached hydrogen (secondary N) is 2. The fourth-order valence-corrected chi connectivity index (χ4v) is 4.39. The largest absolute Gasteiger partial charge is 0.484 e. The van der Waals surface area contributed by atoms with E-state index >= 15 is 0 Å². The number of esters is 2. The van der Waals surface area contributed by atoms with Gasteiger partial charge in [-0.3, -0.25) is 9.59 Å². The molecule has 2 unspecified atom stereocenters. The summed E-state index contributed by atoms with van der Waals surface area (Å²) in [4.78, 5) is 50.0. The van der Waals surface area contributed by atoms with Crippen LogP contribution in [0.15, 0.2) is 48.5 Å². The van der Waals surface area contributed by atoms with Gasteiger partial charge in [-0.15, -0.1) is 0 Å². The van der Waals surface area contributed by atoms with Crippen LogP contribution >= 0.6 is 22.6 Å². The first-order chi connectivity index (χ1) is 19.0. The Balaban J connectivity index is 1.30.